The molecule has 1 amide bonds. The minimum Gasteiger partial charge on any atom is -0.480 e. The zero-order valence-electron chi connectivity index (χ0n) is 15.3. The van der Waals surface area contributed by atoms with Crippen molar-refractivity contribution in [3.8, 4) is 11.8 Å². The monoisotopic (exact) mass is 422 g/mol. The standard InChI is InChI=1S/C23H16Cl2N2O2/c24-16-7-9-17(10-8-16)27-21(19-3-1-2-4-20(19)25)13-22(23(27)28)29-18-11-5-15(14-26)6-12-18/h1-12,21-22H,13H2. The Hall–Kier alpha value is -3.00. The highest BCUT2D eigenvalue weighted by molar-refractivity contribution is 6.31. The van der Waals surface area contributed by atoms with Crippen molar-refractivity contribution in [2.24, 2.45) is 0 Å². The Morgan fingerprint density at radius 1 is 0.966 bits per heavy atom. The first kappa shape index (κ1) is 19.3. The molecule has 1 saturated heterocycles. The van der Waals surface area contributed by atoms with Crippen molar-refractivity contribution >= 4 is 34.8 Å². The van der Waals surface area contributed by atoms with Crippen LogP contribution < -0.4 is 9.64 Å². The fourth-order valence-electron chi connectivity index (χ4n) is 3.51. The summed E-state index contributed by atoms with van der Waals surface area (Å²) in [5, 5.41) is 10.1. The molecule has 144 valence electrons. The van der Waals surface area contributed by atoms with E-state index in [9.17, 15) is 4.79 Å². The van der Waals surface area contributed by atoms with Gasteiger partial charge in [-0.05, 0) is 60.2 Å². The third-order valence-corrected chi connectivity index (χ3v) is 5.49. The number of nitrogens with zero attached hydrogens (tertiary/aromatic N) is 2. The molecule has 0 radical (unpaired) electrons. The van der Waals surface area contributed by atoms with Gasteiger partial charge in [0.05, 0.1) is 17.7 Å². The van der Waals surface area contributed by atoms with Crippen molar-refractivity contribution in [1.82, 2.24) is 0 Å². The summed E-state index contributed by atoms with van der Waals surface area (Å²) in [6.07, 6.45) is -0.217. The number of rotatable bonds is 4. The molecule has 1 heterocycles. The van der Waals surface area contributed by atoms with Crippen LogP contribution in [0.4, 0.5) is 5.69 Å². The van der Waals surface area contributed by atoms with E-state index < -0.39 is 6.10 Å². The van der Waals surface area contributed by atoms with Gasteiger partial charge in [0.1, 0.15) is 5.75 Å². The topological polar surface area (TPSA) is 53.3 Å². The highest BCUT2D eigenvalue weighted by Crippen LogP contribution is 2.41. The van der Waals surface area contributed by atoms with Crippen LogP contribution in [0, 0.1) is 11.3 Å². The van der Waals surface area contributed by atoms with E-state index in [2.05, 4.69) is 6.07 Å². The first-order chi connectivity index (χ1) is 14.1. The van der Waals surface area contributed by atoms with Gasteiger partial charge in [0.15, 0.2) is 6.10 Å². The average Bonchev–Trinajstić information content (AvgIpc) is 3.05. The zero-order chi connectivity index (χ0) is 20.4. The fraction of sp³-hybridized carbons (Fsp3) is 0.130. The highest BCUT2D eigenvalue weighted by Gasteiger charge is 2.43. The maximum atomic E-state index is 13.3. The van der Waals surface area contributed by atoms with Gasteiger partial charge in [-0.2, -0.15) is 5.26 Å². The molecule has 3 aromatic rings. The smallest absolute Gasteiger partial charge is 0.268 e. The molecule has 6 heteroatoms. The molecule has 1 fully saturated rings. The molecule has 1 aliphatic heterocycles. The van der Waals surface area contributed by atoms with Crippen LogP contribution >= 0.6 is 23.2 Å². The van der Waals surface area contributed by atoms with Crippen LogP contribution in [-0.2, 0) is 4.79 Å². The van der Waals surface area contributed by atoms with Crippen molar-refractivity contribution in [3.05, 3.63) is 94.0 Å². The molecule has 29 heavy (non-hydrogen) atoms. The number of carbonyl (C=O) groups is 1. The summed E-state index contributed by atoms with van der Waals surface area (Å²) >= 11 is 12.5. The number of ether oxygens (including phenoxy) is 1. The van der Waals surface area contributed by atoms with E-state index >= 15 is 0 Å². The first-order valence-corrected chi connectivity index (χ1v) is 9.82. The summed E-state index contributed by atoms with van der Waals surface area (Å²) in [7, 11) is 0. The molecule has 0 aliphatic carbocycles. The summed E-state index contributed by atoms with van der Waals surface area (Å²) in [4.78, 5) is 15.0. The van der Waals surface area contributed by atoms with Gasteiger partial charge in [0.25, 0.3) is 5.91 Å². The van der Waals surface area contributed by atoms with Crippen LogP contribution in [-0.4, -0.2) is 12.0 Å². The summed E-state index contributed by atoms with van der Waals surface area (Å²) in [6.45, 7) is 0. The van der Waals surface area contributed by atoms with Gasteiger partial charge in [-0.1, -0.05) is 41.4 Å². The van der Waals surface area contributed by atoms with E-state index in [1.54, 1.807) is 41.3 Å². The Kier molecular flexibility index (Phi) is 5.44. The van der Waals surface area contributed by atoms with Crippen LogP contribution in [0.1, 0.15) is 23.6 Å². The largest absolute Gasteiger partial charge is 0.480 e. The summed E-state index contributed by atoms with van der Waals surface area (Å²) in [6, 6.07) is 23.2. The van der Waals surface area contributed by atoms with Crippen molar-refractivity contribution < 1.29 is 9.53 Å². The fourth-order valence-corrected chi connectivity index (χ4v) is 3.90. The molecule has 4 rings (SSSR count). The Morgan fingerprint density at radius 3 is 2.31 bits per heavy atom. The van der Waals surface area contributed by atoms with Gasteiger partial charge >= 0.3 is 0 Å². The quantitative estimate of drug-likeness (QED) is 0.534. The van der Waals surface area contributed by atoms with Crippen molar-refractivity contribution in [3.63, 3.8) is 0 Å². The molecular formula is C23H16Cl2N2O2. The molecule has 2 unspecified atom stereocenters. The minimum atomic E-state index is -0.667. The number of amides is 1. The SMILES string of the molecule is N#Cc1ccc(OC2CC(c3ccccc3Cl)N(c3ccc(Cl)cc3)C2=O)cc1. The number of halogens is 2. The molecule has 0 bridgehead atoms. The molecule has 0 aromatic heterocycles. The van der Waals surface area contributed by atoms with E-state index in [0.717, 1.165) is 11.3 Å². The van der Waals surface area contributed by atoms with Crippen LogP contribution in [0.5, 0.6) is 5.75 Å². The van der Waals surface area contributed by atoms with E-state index in [0.29, 0.717) is 27.8 Å². The Morgan fingerprint density at radius 2 is 1.66 bits per heavy atom. The van der Waals surface area contributed by atoms with Gasteiger partial charge in [0.2, 0.25) is 0 Å². The third-order valence-electron chi connectivity index (χ3n) is 4.89. The van der Waals surface area contributed by atoms with Crippen molar-refractivity contribution in [1.29, 1.82) is 5.26 Å². The van der Waals surface area contributed by atoms with Crippen molar-refractivity contribution in [2.75, 3.05) is 4.90 Å². The molecule has 0 saturated carbocycles. The Bertz CT molecular complexity index is 1080. The number of benzene rings is 3. The second-order valence-electron chi connectivity index (χ2n) is 6.70. The lowest BCUT2D eigenvalue weighted by atomic mass is 10.0. The summed E-state index contributed by atoms with van der Waals surface area (Å²) < 4.78 is 5.98. The predicted molar refractivity (Wildman–Crippen MR) is 113 cm³/mol. The number of nitriles is 1. The average molecular weight is 423 g/mol. The van der Waals surface area contributed by atoms with Gasteiger partial charge in [-0.25, -0.2) is 0 Å². The maximum Gasteiger partial charge on any atom is 0.268 e. The molecule has 0 spiro atoms. The van der Waals surface area contributed by atoms with Crippen LogP contribution in [0.25, 0.3) is 0 Å². The van der Waals surface area contributed by atoms with Crippen LogP contribution in [0.3, 0.4) is 0 Å². The first-order valence-electron chi connectivity index (χ1n) is 9.06. The van der Waals surface area contributed by atoms with E-state index in [1.165, 1.54) is 0 Å². The van der Waals surface area contributed by atoms with Gasteiger partial charge < -0.3 is 9.64 Å². The number of hydrogen-bond donors (Lipinski definition) is 0. The van der Waals surface area contributed by atoms with Crippen LogP contribution in [0.15, 0.2) is 72.8 Å². The number of anilines is 1. The maximum absolute atomic E-state index is 13.3. The Labute approximate surface area is 178 Å². The molecule has 1 aliphatic rings. The van der Waals surface area contributed by atoms with E-state index in [1.807, 2.05) is 36.4 Å². The van der Waals surface area contributed by atoms with E-state index in [-0.39, 0.29) is 11.9 Å². The van der Waals surface area contributed by atoms with Crippen molar-refractivity contribution in [2.45, 2.75) is 18.6 Å². The summed E-state index contributed by atoms with van der Waals surface area (Å²) in [5.74, 6) is 0.389. The minimum absolute atomic E-state index is 0.151. The van der Waals surface area contributed by atoms with Crippen LogP contribution in [0.2, 0.25) is 10.0 Å². The number of carbonyl (C=O) groups excluding carboxylic acids is 1. The molecule has 3 aromatic carbocycles. The second-order valence-corrected chi connectivity index (χ2v) is 7.54. The van der Waals surface area contributed by atoms with E-state index in [4.69, 9.17) is 33.2 Å². The molecule has 2 atom stereocenters. The molecule has 0 N–H and O–H groups in total. The third kappa shape index (κ3) is 3.93. The Balaban J connectivity index is 1.68. The second kappa shape index (κ2) is 8.16. The summed E-state index contributed by atoms with van der Waals surface area (Å²) in [5.41, 5.74) is 2.13. The lowest BCUT2D eigenvalue weighted by molar-refractivity contribution is -0.122. The molecule has 4 nitrogen and oxygen atoms in total. The highest BCUT2D eigenvalue weighted by atomic mass is 35.5. The van der Waals surface area contributed by atoms with Gasteiger partial charge in [0, 0.05) is 22.2 Å². The lowest BCUT2D eigenvalue weighted by Crippen LogP contribution is -2.33. The van der Waals surface area contributed by atoms with Gasteiger partial charge in [-0.3, -0.25) is 4.79 Å². The molecular weight excluding hydrogens is 407 g/mol. The normalized spacial score (nSPS) is 18.5. The lowest BCUT2D eigenvalue weighted by Gasteiger charge is -2.25. The van der Waals surface area contributed by atoms with Gasteiger partial charge in [-0.15, -0.1) is 0 Å². The zero-order valence-corrected chi connectivity index (χ0v) is 16.8. The number of hydrogen-bond acceptors (Lipinski definition) is 3. The predicted octanol–water partition coefficient (Wildman–Crippen LogP) is 5.79.